The molecule has 0 bridgehead atoms. The van der Waals surface area contributed by atoms with Gasteiger partial charge in [-0.1, -0.05) is 19.8 Å². The second-order valence-electron chi connectivity index (χ2n) is 5.36. The minimum Gasteiger partial charge on any atom is -0.341 e. The number of nitrogens with zero attached hydrogens (tertiary/aromatic N) is 1. The first-order valence-electron chi connectivity index (χ1n) is 6.79. The lowest BCUT2D eigenvalue weighted by Gasteiger charge is -2.33. The summed E-state index contributed by atoms with van der Waals surface area (Å²) in [5.74, 6) is 1.15. The molecule has 3 heteroatoms. The van der Waals surface area contributed by atoms with Crippen molar-refractivity contribution in [3.8, 4) is 0 Å². The Labute approximate surface area is 98.6 Å². The zero-order valence-corrected chi connectivity index (χ0v) is 10.4. The van der Waals surface area contributed by atoms with Gasteiger partial charge in [-0.2, -0.15) is 0 Å². The number of nitrogens with one attached hydrogen (secondary N) is 1. The Morgan fingerprint density at radius 2 is 1.88 bits per heavy atom. The number of likely N-dealkylation sites (tertiary alicyclic amines) is 1. The molecule has 0 radical (unpaired) electrons. The average Bonchev–Trinajstić information content (AvgIpc) is 2.57. The molecular weight excluding hydrogens is 200 g/mol. The Morgan fingerprint density at radius 3 is 2.62 bits per heavy atom. The van der Waals surface area contributed by atoms with E-state index >= 15 is 0 Å². The summed E-state index contributed by atoms with van der Waals surface area (Å²) in [6.45, 7) is 5.24. The molecule has 2 aliphatic rings. The topological polar surface area (TPSA) is 32.3 Å². The van der Waals surface area contributed by atoms with Crippen molar-refractivity contribution in [2.75, 3.05) is 19.6 Å². The highest BCUT2D eigenvalue weighted by atomic mass is 16.2. The fourth-order valence-electron chi connectivity index (χ4n) is 2.69. The summed E-state index contributed by atoms with van der Waals surface area (Å²) in [6.07, 6.45) is 7.09. The second-order valence-corrected chi connectivity index (χ2v) is 5.36. The number of hydrogen-bond donors (Lipinski definition) is 1. The maximum absolute atomic E-state index is 12.3. The van der Waals surface area contributed by atoms with Crippen molar-refractivity contribution in [3.63, 3.8) is 0 Å². The summed E-state index contributed by atoms with van der Waals surface area (Å²) in [6, 6.07) is 0.107. The molecule has 0 aliphatic carbocycles. The lowest BCUT2D eigenvalue weighted by Crippen LogP contribution is -2.48. The van der Waals surface area contributed by atoms with E-state index in [1.807, 2.05) is 0 Å². The number of rotatable bonds is 1. The predicted molar refractivity (Wildman–Crippen MR) is 65.2 cm³/mol. The van der Waals surface area contributed by atoms with Crippen LogP contribution < -0.4 is 5.32 Å². The first-order valence-corrected chi connectivity index (χ1v) is 6.79. The van der Waals surface area contributed by atoms with Crippen LogP contribution in [0.25, 0.3) is 0 Å². The Bertz CT molecular complexity index is 226. The van der Waals surface area contributed by atoms with Gasteiger partial charge in [0.1, 0.15) is 0 Å². The molecule has 0 spiro atoms. The predicted octanol–water partition coefficient (Wildman–Crippen LogP) is 1.78. The van der Waals surface area contributed by atoms with Gasteiger partial charge in [-0.15, -0.1) is 0 Å². The summed E-state index contributed by atoms with van der Waals surface area (Å²) in [4.78, 5) is 14.3. The number of hydrogen-bond acceptors (Lipinski definition) is 2. The zero-order valence-electron chi connectivity index (χ0n) is 10.4. The molecule has 2 rings (SSSR count). The van der Waals surface area contributed by atoms with Gasteiger partial charge >= 0.3 is 0 Å². The lowest BCUT2D eigenvalue weighted by atomic mass is 9.98. The standard InChI is InChI=1S/C13H24N2O/c1-11-6-9-15(10-7-11)13(16)12-5-3-2-4-8-14-12/h11-12,14H,2-10H2,1H3. The number of piperidine rings is 1. The van der Waals surface area contributed by atoms with Gasteiger partial charge in [0, 0.05) is 13.1 Å². The van der Waals surface area contributed by atoms with Crippen molar-refractivity contribution in [1.29, 1.82) is 0 Å². The molecule has 0 aromatic carbocycles. The highest BCUT2D eigenvalue weighted by Gasteiger charge is 2.27. The molecule has 2 fully saturated rings. The van der Waals surface area contributed by atoms with E-state index in [-0.39, 0.29) is 6.04 Å². The minimum atomic E-state index is 0.107. The Morgan fingerprint density at radius 1 is 1.12 bits per heavy atom. The zero-order chi connectivity index (χ0) is 11.4. The van der Waals surface area contributed by atoms with Crippen molar-refractivity contribution >= 4 is 5.91 Å². The third-order valence-corrected chi connectivity index (χ3v) is 3.95. The van der Waals surface area contributed by atoms with E-state index in [4.69, 9.17) is 0 Å². The van der Waals surface area contributed by atoms with E-state index < -0.39 is 0 Å². The van der Waals surface area contributed by atoms with Crippen LogP contribution in [0.2, 0.25) is 0 Å². The number of carbonyl (C=O) groups excluding carboxylic acids is 1. The highest BCUT2D eigenvalue weighted by Crippen LogP contribution is 2.18. The van der Waals surface area contributed by atoms with Crippen LogP contribution in [-0.2, 0) is 4.79 Å². The SMILES string of the molecule is CC1CCN(C(=O)C2CCCCCN2)CC1. The second kappa shape index (κ2) is 5.67. The summed E-state index contributed by atoms with van der Waals surface area (Å²) in [5.41, 5.74) is 0. The molecule has 1 atom stereocenters. The maximum atomic E-state index is 12.3. The van der Waals surface area contributed by atoms with Gasteiger partial charge in [-0.05, 0) is 38.1 Å². The summed E-state index contributed by atoms with van der Waals surface area (Å²) >= 11 is 0. The van der Waals surface area contributed by atoms with Crippen molar-refractivity contribution in [2.45, 2.75) is 51.5 Å². The van der Waals surface area contributed by atoms with Gasteiger partial charge in [0.25, 0.3) is 0 Å². The van der Waals surface area contributed by atoms with Gasteiger partial charge in [0.2, 0.25) is 5.91 Å². The molecular formula is C13H24N2O. The highest BCUT2D eigenvalue weighted by molar-refractivity contribution is 5.82. The fraction of sp³-hybridized carbons (Fsp3) is 0.923. The van der Waals surface area contributed by atoms with Crippen LogP contribution in [0.3, 0.4) is 0 Å². The van der Waals surface area contributed by atoms with Crippen LogP contribution in [0.4, 0.5) is 0 Å². The van der Waals surface area contributed by atoms with Crippen LogP contribution in [0, 0.1) is 5.92 Å². The van der Waals surface area contributed by atoms with Crippen LogP contribution in [0.15, 0.2) is 0 Å². The smallest absolute Gasteiger partial charge is 0.239 e. The van der Waals surface area contributed by atoms with E-state index in [0.717, 1.165) is 32.0 Å². The lowest BCUT2D eigenvalue weighted by molar-refractivity contribution is -0.134. The molecule has 1 unspecified atom stereocenters. The van der Waals surface area contributed by atoms with E-state index in [2.05, 4.69) is 17.1 Å². The van der Waals surface area contributed by atoms with Crippen LogP contribution in [0.1, 0.15) is 45.4 Å². The van der Waals surface area contributed by atoms with Gasteiger partial charge in [0.15, 0.2) is 0 Å². The van der Waals surface area contributed by atoms with Gasteiger partial charge in [0.05, 0.1) is 6.04 Å². The molecule has 0 saturated carbocycles. The van der Waals surface area contributed by atoms with E-state index in [9.17, 15) is 4.79 Å². The van der Waals surface area contributed by atoms with E-state index in [1.165, 1.54) is 32.1 Å². The summed E-state index contributed by atoms with van der Waals surface area (Å²) < 4.78 is 0. The van der Waals surface area contributed by atoms with Crippen molar-refractivity contribution in [2.24, 2.45) is 5.92 Å². The van der Waals surface area contributed by atoms with Crippen LogP contribution >= 0.6 is 0 Å². The molecule has 3 nitrogen and oxygen atoms in total. The quantitative estimate of drug-likeness (QED) is 0.736. The summed E-state index contributed by atoms with van der Waals surface area (Å²) in [7, 11) is 0. The monoisotopic (exact) mass is 224 g/mol. The van der Waals surface area contributed by atoms with Crippen molar-refractivity contribution < 1.29 is 4.79 Å². The molecule has 1 N–H and O–H groups in total. The minimum absolute atomic E-state index is 0.107. The van der Waals surface area contributed by atoms with Gasteiger partial charge in [-0.3, -0.25) is 4.79 Å². The van der Waals surface area contributed by atoms with Crippen molar-refractivity contribution in [3.05, 3.63) is 0 Å². The van der Waals surface area contributed by atoms with Gasteiger partial charge < -0.3 is 10.2 Å². The molecule has 2 heterocycles. The Balaban J connectivity index is 1.85. The molecule has 2 aliphatic heterocycles. The largest absolute Gasteiger partial charge is 0.341 e. The Hall–Kier alpha value is -0.570. The van der Waals surface area contributed by atoms with E-state index in [1.54, 1.807) is 0 Å². The number of amides is 1. The third kappa shape index (κ3) is 2.97. The normalized spacial score (nSPS) is 28.8. The Kier molecular flexibility index (Phi) is 4.22. The molecule has 16 heavy (non-hydrogen) atoms. The van der Waals surface area contributed by atoms with Crippen molar-refractivity contribution in [1.82, 2.24) is 10.2 Å². The maximum Gasteiger partial charge on any atom is 0.239 e. The molecule has 0 aromatic heterocycles. The molecule has 0 aromatic rings. The number of carbonyl (C=O) groups is 1. The molecule has 1 amide bonds. The molecule has 92 valence electrons. The first-order chi connectivity index (χ1) is 7.77. The van der Waals surface area contributed by atoms with Gasteiger partial charge in [-0.25, -0.2) is 0 Å². The fourth-order valence-corrected chi connectivity index (χ4v) is 2.69. The van der Waals surface area contributed by atoms with E-state index in [0.29, 0.717) is 5.91 Å². The first kappa shape index (κ1) is 11.9. The third-order valence-electron chi connectivity index (χ3n) is 3.95. The van der Waals surface area contributed by atoms with Crippen LogP contribution in [0.5, 0.6) is 0 Å². The van der Waals surface area contributed by atoms with Crippen LogP contribution in [-0.4, -0.2) is 36.5 Å². The molecule has 2 saturated heterocycles. The summed E-state index contributed by atoms with van der Waals surface area (Å²) in [5, 5.41) is 3.40. The average molecular weight is 224 g/mol.